The van der Waals surface area contributed by atoms with Crippen LogP contribution in [0.2, 0.25) is 0 Å². The minimum atomic E-state index is -1.10. The standard InChI is InChI=1S/C10H21N3O2/c1-8(11)13-7-5-3-4-6-10(2,12)9(14)15/h3-7,12H2,1-2H3,(H2,11,13)(H,14,15)/t10-/m0/s1. The summed E-state index contributed by atoms with van der Waals surface area (Å²) in [4.78, 5) is 14.7. The van der Waals surface area contributed by atoms with Crippen molar-refractivity contribution in [1.82, 2.24) is 0 Å². The molecule has 5 heteroatoms. The van der Waals surface area contributed by atoms with Gasteiger partial charge in [-0.25, -0.2) is 0 Å². The normalized spacial score (nSPS) is 16.1. The third-order valence-corrected chi connectivity index (χ3v) is 2.20. The van der Waals surface area contributed by atoms with Crippen molar-refractivity contribution < 1.29 is 9.90 Å². The van der Waals surface area contributed by atoms with Crippen LogP contribution in [0.15, 0.2) is 4.99 Å². The maximum atomic E-state index is 10.7. The molecule has 15 heavy (non-hydrogen) atoms. The summed E-state index contributed by atoms with van der Waals surface area (Å²) in [5.41, 5.74) is 9.84. The predicted molar refractivity (Wildman–Crippen MR) is 60.9 cm³/mol. The number of carboxylic acids is 1. The van der Waals surface area contributed by atoms with E-state index in [2.05, 4.69) is 4.99 Å². The van der Waals surface area contributed by atoms with Gasteiger partial charge in [0.05, 0.1) is 5.84 Å². The first-order valence-electron chi connectivity index (χ1n) is 5.15. The number of aliphatic imine (C=N–C) groups is 1. The van der Waals surface area contributed by atoms with E-state index in [-0.39, 0.29) is 0 Å². The molecule has 0 radical (unpaired) electrons. The fourth-order valence-electron chi connectivity index (χ4n) is 1.14. The molecule has 0 fully saturated rings. The molecule has 0 aliphatic rings. The van der Waals surface area contributed by atoms with Gasteiger partial charge < -0.3 is 16.6 Å². The Morgan fingerprint density at radius 2 is 2.00 bits per heavy atom. The monoisotopic (exact) mass is 215 g/mol. The first kappa shape index (κ1) is 13.9. The number of carboxylic acid groups (broad SMARTS) is 1. The summed E-state index contributed by atoms with van der Waals surface area (Å²) >= 11 is 0. The minimum Gasteiger partial charge on any atom is -0.480 e. The Hall–Kier alpha value is -1.10. The number of unbranched alkanes of at least 4 members (excludes halogenated alkanes) is 2. The van der Waals surface area contributed by atoms with Gasteiger partial charge in [0.15, 0.2) is 0 Å². The van der Waals surface area contributed by atoms with Crippen LogP contribution in [-0.4, -0.2) is 29.0 Å². The van der Waals surface area contributed by atoms with Gasteiger partial charge >= 0.3 is 5.97 Å². The lowest BCUT2D eigenvalue weighted by Crippen LogP contribution is -2.44. The van der Waals surface area contributed by atoms with Gasteiger partial charge in [0.25, 0.3) is 0 Å². The molecule has 0 aromatic heterocycles. The Labute approximate surface area is 90.6 Å². The highest BCUT2D eigenvalue weighted by Crippen LogP contribution is 2.11. The summed E-state index contributed by atoms with van der Waals surface area (Å²) in [5.74, 6) is -0.359. The summed E-state index contributed by atoms with van der Waals surface area (Å²) in [7, 11) is 0. The van der Waals surface area contributed by atoms with Gasteiger partial charge in [-0.15, -0.1) is 0 Å². The Kier molecular flexibility index (Phi) is 5.93. The summed E-state index contributed by atoms with van der Waals surface area (Å²) < 4.78 is 0. The van der Waals surface area contributed by atoms with Gasteiger partial charge in [0.2, 0.25) is 0 Å². The topological polar surface area (TPSA) is 102 Å². The van der Waals surface area contributed by atoms with E-state index in [1.165, 1.54) is 6.92 Å². The zero-order valence-corrected chi connectivity index (χ0v) is 9.49. The molecule has 0 saturated carbocycles. The summed E-state index contributed by atoms with van der Waals surface area (Å²) in [5, 5.41) is 8.75. The molecule has 5 nitrogen and oxygen atoms in total. The predicted octanol–water partition coefficient (Wildman–Crippen LogP) is 0.726. The fraction of sp³-hybridized carbons (Fsp3) is 0.800. The lowest BCUT2D eigenvalue weighted by Gasteiger charge is -2.18. The molecule has 0 heterocycles. The number of nitrogens with two attached hydrogens (primary N) is 2. The van der Waals surface area contributed by atoms with Crippen LogP contribution in [0.5, 0.6) is 0 Å². The van der Waals surface area contributed by atoms with E-state index in [0.717, 1.165) is 19.3 Å². The lowest BCUT2D eigenvalue weighted by molar-refractivity contribution is -0.142. The molecule has 0 rings (SSSR count). The van der Waals surface area contributed by atoms with Crippen LogP contribution in [0.25, 0.3) is 0 Å². The number of amidine groups is 1. The Bertz CT molecular complexity index is 233. The van der Waals surface area contributed by atoms with Gasteiger partial charge in [-0.2, -0.15) is 0 Å². The first-order valence-corrected chi connectivity index (χ1v) is 5.15. The Morgan fingerprint density at radius 3 is 2.47 bits per heavy atom. The third-order valence-electron chi connectivity index (χ3n) is 2.20. The molecule has 1 atom stereocenters. The van der Waals surface area contributed by atoms with E-state index in [9.17, 15) is 4.79 Å². The van der Waals surface area contributed by atoms with Crippen molar-refractivity contribution in [2.75, 3.05) is 6.54 Å². The van der Waals surface area contributed by atoms with E-state index < -0.39 is 11.5 Å². The molecular weight excluding hydrogens is 194 g/mol. The van der Waals surface area contributed by atoms with Crippen molar-refractivity contribution in [3.63, 3.8) is 0 Å². The van der Waals surface area contributed by atoms with Crippen LogP contribution >= 0.6 is 0 Å². The van der Waals surface area contributed by atoms with Gasteiger partial charge in [-0.3, -0.25) is 9.79 Å². The second-order valence-electron chi connectivity index (χ2n) is 4.06. The van der Waals surface area contributed by atoms with Crippen LogP contribution in [0.1, 0.15) is 39.5 Å². The second kappa shape index (κ2) is 6.40. The largest absolute Gasteiger partial charge is 0.480 e. The molecular formula is C10H21N3O2. The van der Waals surface area contributed by atoms with Crippen LogP contribution in [0.4, 0.5) is 0 Å². The molecule has 0 aromatic carbocycles. The van der Waals surface area contributed by atoms with Crippen LogP contribution in [0, 0.1) is 0 Å². The molecule has 0 unspecified atom stereocenters. The Balaban J connectivity index is 3.55. The Morgan fingerprint density at radius 1 is 1.40 bits per heavy atom. The van der Waals surface area contributed by atoms with Crippen LogP contribution < -0.4 is 11.5 Å². The summed E-state index contributed by atoms with van der Waals surface area (Å²) in [6.07, 6.45) is 3.15. The van der Waals surface area contributed by atoms with E-state index >= 15 is 0 Å². The van der Waals surface area contributed by atoms with Crippen molar-refractivity contribution in [3.8, 4) is 0 Å². The molecule has 0 bridgehead atoms. The number of hydrogen-bond acceptors (Lipinski definition) is 3. The summed E-state index contributed by atoms with van der Waals surface area (Å²) in [6, 6.07) is 0. The molecule has 0 spiro atoms. The number of rotatable bonds is 7. The van der Waals surface area contributed by atoms with Crippen molar-refractivity contribution >= 4 is 11.8 Å². The number of nitrogens with zero attached hydrogens (tertiary/aromatic N) is 1. The highest BCUT2D eigenvalue weighted by Gasteiger charge is 2.26. The average molecular weight is 215 g/mol. The quantitative estimate of drug-likeness (QED) is 0.331. The number of hydrogen-bond donors (Lipinski definition) is 3. The van der Waals surface area contributed by atoms with Crippen LogP contribution in [0.3, 0.4) is 0 Å². The van der Waals surface area contributed by atoms with E-state index in [0.29, 0.717) is 18.8 Å². The molecule has 5 N–H and O–H groups in total. The second-order valence-corrected chi connectivity index (χ2v) is 4.06. The van der Waals surface area contributed by atoms with Crippen molar-refractivity contribution in [3.05, 3.63) is 0 Å². The average Bonchev–Trinajstić information content (AvgIpc) is 2.10. The molecule has 0 amide bonds. The maximum Gasteiger partial charge on any atom is 0.323 e. The minimum absolute atomic E-state index is 0.494. The van der Waals surface area contributed by atoms with E-state index in [1.807, 2.05) is 0 Å². The van der Waals surface area contributed by atoms with Gasteiger partial charge in [0, 0.05) is 6.54 Å². The van der Waals surface area contributed by atoms with Gasteiger partial charge in [-0.1, -0.05) is 12.8 Å². The molecule has 0 aliphatic heterocycles. The smallest absolute Gasteiger partial charge is 0.323 e. The third kappa shape index (κ3) is 6.90. The van der Waals surface area contributed by atoms with E-state index in [1.54, 1.807) is 6.92 Å². The summed E-state index contributed by atoms with van der Waals surface area (Å²) in [6.45, 7) is 4.00. The van der Waals surface area contributed by atoms with Crippen molar-refractivity contribution in [1.29, 1.82) is 0 Å². The first-order chi connectivity index (χ1) is 6.86. The highest BCUT2D eigenvalue weighted by molar-refractivity contribution is 5.77. The molecule has 88 valence electrons. The van der Waals surface area contributed by atoms with Crippen molar-refractivity contribution in [2.45, 2.75) is 45.1 Å². The highest BCUT2D eigenvalue weighted by atomic mass is 16.4. The number of aliphatic carboxylic acids is 1. The molecule has 0 aliphatic carbocycles. The van der Waals surface area contributed by atoms with Crippen LogP contribution in [-0.2, 0) is 4.79 Å². The molecule has 0 saturated heterocycles. The zero-order valence-electron chi connectivity index (χ0n) is 9.49. The van der Waals surface area contributed by atoms with E-state index in [4.69, 9.17) is 16.6 Å². The zero-order chi connectivity index (χ0) is 11.9. The van der Waals surface area contributed by atoms with Crippen molar-refractivity contribution in [2.24, 2.45) is 16.5 Å². The fourth-order valence-corrected chi connectivity index (χ4v) is 1.14. The maximum absolute atomic E-state index is 10.7. The number of carbonyl (C=O) groups is 1. The van der Waals surface area contributed by atoms with Gasteiger partial charge in [0.1, 0.15) is 5.54 Å². The van der Waals surface area contributed by atoms with Gasteiger partial charge in [-0.05, 0) is 26.7 Å². The molecule has 0 aromatic rings. The lowest BCUT2D eigenvalue weighted by atomic mass is 9.96. The SMILES string of the molecule is CC(N)=NCCCCC[C@](C)(N)C(=O)O.